The third-order valence-electron chi connectivity index (χ3n) is 1.15. The van der Waals surface area contributed by atoms with E-state index in [1.807, 2.05) is 0 Å². The lowest BCUT2D eigenvalue weighted by molar-refractivity contribution is 0.381. The lowest BCUT2D eigenvalue weighted by Crippen LogP contribution is -1.89. The third kappa shape index (κ3) is 12.1. The van der Waals surface area contributed by atoms with E-state index in [1.165, 1.54) is 0 Å². The van der Waals surface area contributed by atoms with E-state index in [0.717, 1.165) is 6.42 Å². The van der Waals surface area contributed by atoms with Gasteiger partial charge in [-0.1, -0.05) is 31.2 Å². The molecule has 0 spiro atoms. The summed E-state index contributed by atoms with van der Waals surface area (Å²) in [5.41, 5.74) is 0. The van der Waals surface area contributed by atoms with Gasteiger partial charge in [0.05, 0.1) is 0 Å². The first-order valence-corrected chi connectivity index (χ1v) is 4.82. The molecule has 0 atom stereocenters. The highest BCUT2D eigenvalue weighted by Crippen LogP contribution is 2.06. The topological polar surface area (TPSA) is 74.6 Å². The summed E-state index contributed by atoms with van der Waals surface area (Å²) >= 11 is 0. The average molecular weight is 192 g/mol. The van der Waals surface area contributed by atoms with Crippen molar-refractivity contribution in [3.8, 4) is 0 Å². The summed E-state index contributed by atoms with van der Waals surface area (Å²) in [6.07, 6.45) is 9.97. The van der Waals surface area contributed by atoms with Crippen molar-refractivity contribution in [3.63, 3.8) is 0 Å². The maximum Gasteiger partial charge on any atom is 0.394 e. The highest BCUT2D eigenvalue weighted by molar-refractivity contribution is 7.79. The molecule has 0 aromatic heterocycles. The van der Waals surface area contributed by atoms with Gasteiger partial charge in [0, 0.05) is 0 Å². The molecule has 0 heterocycles. The summed E-state index contributed by atoms with van der Waals surface area (Å²) in [7, 11) is -4.67. The van der Waals surface area contributed by atoms with Crippen LogP contribution in [0.2, 0.25) is 0 Å². The molecule has 0 aromatic carbocycles. The van der Waals surface area contributed by atoms with E-state index in [1.54, 1.807) is 0 Å². The predicted octanol–water partition coefficient (Wildman–Crippen LogP) is 1.49. The van der Waals surface area contributed by atoms with Crippen molar-refractivity contribution in [2.45, 2.75) is 13.3 Å². The van der Waals surface area contributed by atoms with Crippen LogP contribution in [0.3, 0.4) is 0 Å². The zero-order valence-electron chi connectivity index (χ0n) is 6.71. The molecule has 0 amide bonds. The second kappa shape index (κ2) is 5.08. The van der Waals surface area contributed by atoms with Crippen molar-refractivity contribution in [2.24, 2.45) is 5.92 Å². The van der Waals surface area contributed by atoms with Crippen molar-refractivity contribution in [3.05, 3.63) is 24.3 Å². The molecule has 0 radical (unpaired) electrons. The first kappa shape index (κ1) is 11.4. The van der Waals surface area contributed by atoms with E-state index in [4.69, 9.17) is 17.5 Å². The Kier molecular flexibility index (Phi) is 4.80. The van der Waals surface area contributed by atoms with E-state index in [2.05, 4.69) is 31.2 Å². The normalized spacial score (nSPS) is 16.9. The number of allylic oxidation sites excluding steroid dienone is 4. The molecule has 0 aromatic rings. The second-order valence-electron chi connectivity index (χ2n) is 2.40. The lowest BCUT2D eigenvalue weighted by Gasteiger charge is -1.99. The van der Waals surface area contributed by atoms with Crippen LogP contribution < -0.4 is 0 Å². The van der Waals surface area contributed by atoms with Crippen molar-refractivity contribution in [1.82, 2.24) is 0 Å². The van der Waals surface area contributed by atoms with E-state index in [9.17, 15) is 0 Å². The van der Waals surface area contributed by atoms with Crippen LogP contribution in [-0.2, 0) is 10.4 Å². The van der Waals surface area contributed by atoms with Gasteiger partial charge in [-0.15, -0.1) is 0 Å². The van der Waals surface area contributed by atoms with E-state index >= 15 is 0 Å². The van der Waals surface area contributed by atoms with Gasteiger partial charge in [-0.3, -0.25) is 9.11 Å². The molecule has 2 N–H and O–H groups in total. The quantitative estimate of drug-likeness (QED) is 0.450. The summed E-state index contributed by atoms with van der Waals surface area (Å²) in [6.45, 7) is 2.19. The van der Waals surface area contributed by atoms with Gasteiger partial charge in [0.2, 0.25) is 0 Å². The highest BCUT2D eigenvalue weighted by atomic mass is 32.3. The molecular formula is C7H12O4S. The number of rotatable bonds is 0. The molecule has 1 aliphatic carbocycles. The van der Waals surface area contributed by atoms with E-state index < -0.39 is 10.4 Å². The van der Waals surface area contributed by atoms with Gasteiger partial charge in [-0.2, -0.15) is 8.42 Å². The fourth-order valence-electron chi connectivity index (χ4n) is 0.729. The van der Waals surface area contributed by atoms with Crippen LogP contribution in [-0.4, -0.2) is 17.5 Å². The highest BCUT2D eigenvalue weighted by Gasteiger charge is 1.90. The third-order valence-corrected chi connectivity index (χ3v) is 1.15. The molecule has 4 nitrogen and oxygen atoms in total. The van der Waals surface area contributed by atoms with Crippen molar-refractivity contribution in [1.29, 1.82) is 0 Å². The van der Waals surface area contributed by atoms with Crippen LogP contribution >= 0.6 is 0 Å². The minimum Gasteiger partial charge on any atom is -0.264 e. The monoisotopic (exact) mass is 192 g/mol. The van der Waals surface area contributed by atoms with Crippen LogP contribution in [0.1, 0.15) is 13.3 Å². The maximum absolute atomic E-state index is 8.74. The van der Waals surface area contributed by atoms with Crippen molar-refractivity contribution in [2.75, 3.05) is 0 Å². The Hall–Kier alpha value is -0.650. The minimum absolute atomic E-state index is 0.675. The zero-order chi connectivity index (χ0) is 9.61. The molecule has 1 rings (SSSR count). The van der Waals surface area contributed by atoms with E-state index in [0.29, 0.717) is 5.92 Å². The average Bonchev–Trinajstić information content (AvgIpc) is 1.85. The molecule has 5 heteroatoms. The Labute approximate surface area is 72.2 Å². The fourth-order valence-corrected chi connectivity index (χ4v) is 0.729. The molecule has 0 fully saturated rings. The van der Waals surface area contributed by atoms with E-state index in [-0.39, 0.29) is 0 Å². The molecule has 70 valence electrons. The molecule has 0 bridgehead atoms. The molecule has 0 unspecified atom stereocenters. The van der Waals surface area contributed by atoms with Crippen molar-refractivity contribution < 1.29 is 17.5 Å². The first-order chi connectivity index (χ1) is 5.39. The summed E-state index contributed by atoms with van der Waals surface area (Å²) in [5, 5.41) is 0. The number of hydrogen-bond acceptors (Lipinski definition) is 2. The van der Waals surface area contributed by atoms with Gasteiger partial charge >= 0.3 is 10.4 Å². The molecular weight excluding hydrogens is 180 g/mol. The smallest absolute Gasteiger partial charge is 0.264 e. The maximum atomic E-state index is 8.74. The Morgan fingerprint density at radius 3 is 1.75 bits per heavy atom. The van der Waals surface area contributed by atoms with Gasteiger partial charge < -0.3 is 0 Å². The SMILES string of the molecule is CC1C=CCC=C1.O=S(=O)(O)O. The predicted molar refractivity (Wildman–Crippen MR) is 46.2 cm³/mol. The van der Waals surface area contributed by atoms with Gasteiger partial charge in [0.1, 0.15) is 0 Å². The van der Waals surface area contributed by atoms with Crippen LogP contribution in [0.4, 0.5) is 0 Å². The summed E-state index contributed by atoms with van der Waals surface area (Å²) in [5.74, 6) is 0.675. The minimum atomic E-state index is -4.67. The fraction of sp³-hybridized carbons (Fsp3) is 0.429. The molecule has 1 aliphatic rings. The lowest BCUT2D eigenvalue weighted by atomic mass is 10.1. The molecule has 12 heavy (non-hydrogen) atoms. The van der Waals surface area contributed by atoms with Crippen LogP contribution in [0.5, 0.6) is 0 Å². The van der Waals surface area contributed by atoms with Gasteiger partial charge in [-0.05, 0) is 12.3 Å². The van der Waals surface area contributed by atoms with Crippen LogP contribution in [0.25, 0.3) is 0 Å². The Morgan fingerprint density at radius 1 is 1.25 bits per heavy atom. The Bertz CT molecular complexity index is 243. The standard InChI is InChI=1S/C7H10.H2O4S/c1-7-5-3-2-4-6-7;1-5(2,3)4/h3-7H,2H2,1H3;(H2,1,2,3,4). The van der Waals surface area contributed by atoms with Crippen LogP contribution in [0.15, 0.2) is 24.3 Å². The Morgan fingerprint density at radius 2 is 1.58 bits per heavy atom. The van der Waals surface area contributed by atoms with Crippen molar-refractivity contribution >= 4 is 10.4 Å². The second-order valence-corrected chi connectivity index (χ2v) is 3.29. The largest absolute Gasteiger partial charge is 0.394 e. The molecule has 0 aliphatic heterocycles. The number of hydrogen-bond donors (Lipinski definition) is 2. The zero-order valence-corrected chi connectivity index (χ0v) is 7.53. The molecule has 0 saturated heterocycles. The summed E-state index contributed by atoms with van der Waals surface area (Å²) in [6, 6.07) is 0. The van der Waals surface area contributed by atoms with Gasteiger partial charge in [-0.25, -0.2) is 0 Å². The van der Waals surface area contributed by atoms with Gasteiger partial charge in [0.15, 0.2) is 0 Å². The van der Waals surface area contributed by atoms with Crippen LogP contribution in [0, 0.1) is 5.92 Å². The summed E-state index contributed by atoms with van der Waals surface area (Å²) in [4.78, 5) is 0. The first-order valence-electron chi connectivity index (χ1n) is 3.43. The van der Waals surface area contributed by atoms with Gasteiger partial charge in [0.25, 0.3) is 0 Å². The summed E-state index contributed by atoms with van der Waals surface area (Å²) < 4.78 is 31.6. The molecule has 0 saturated carbocycles. The Balaban J connectivity index is 0.000000217.